The van der Waals surface area contributed by atoms with Gasteiger partial charge >= 0.3 is 5.97 Å². The second kappa shape index (κ2) is 5.59. The Morgan fingerprint density at radius 2 is 2.14 bits per heavy atom. The van der Waals surface area contributed by atoms with Crippen LogP contribution in [-0.4, -0.2) is 21.0 Å². The molecule has 3 rings (SSSR count). The third kappa shape index (κ3) is 2.85. The number of hydrogen-bond acceptors (Lipinski definition) is 5. The monoisotopic (exact) mass is 383 g/mol. The van der Waals surface area contributed by atoms with Gasteiger partial charge in [-0.3, -0.25) is 0 Å². The minimum Gasteiger partial charge on any atom is -0.478 e. The van der Waals surface area contributed by atoms with E-state index in [-0.39, 0.29) is 10.8 Å². The van der Waals surface area contributed by atoms with Gasteiger partial charge in [-0.2, -0.15) is 4.98 Å². The molecule has 0 aliphatic carbocycles. The molecule has 0 spiro atoms. The highest BCUT2D eigenvalue weighted by Gasteiger charge is 2.14. The van der Waals surface area contributed by atoms with Gasteiger partial charge in [0, 0.05) is 4.47 Å². The van der Waals surface area contributed by atoms with Crippen LogP contribution in [0.2, 0.25) is 5.28 Å². The number of hydrogen-bond donors (Lipinski definition) is 2. The first-order valence-corrected chi connectivity index (χ1v) is 7.80. The van der Waals surface area contributed by atoms with Gasteiger partial charge in [0.15, 0.2) is 0 Å². The summed E-state index contributed by atoms with van der Waals surface area (Å²) in [6, 6.07) is 6.81. The molecule has 0 saturated heterocycles. The zero-order chi connectivity index (χ0) is 15.0. The van der Waals surface area contributed by atoms with E-state index in [0.29, 0.717) is 16.0 Å². The third-order valence-electron chi connectivity index (χ3n) is 2.76. The van der Waals surface area contributed by atoms with E-state index in [1.807, 2.05) is 11.4 Å². The molecule has 2 N–H and O–H groups in total. The summed E-state index contributed by atoms with van der Waals surface area (Å²) in [5.74, 6) is -0.545. The Labute approximate surface area is 136 Å². The molecule has 0 unspecified atom stereocenters. The number of carboxylic acid groups (broad SMARTS) is 1. The van der Waals surface area contributed by atoms with Crippen molar-refractivity contribution in [3.05, 3.63) is 45.0 Å². The van der Waals surface area contributed by atoms with E-state index in [0.717, 1.165) is 10.2 Å². The maximum absolute atomic E-state index is 11.3. The van der Waals surface area contributed by atoms with Crippen LogP contribution in [0.15, 0.2) is 34.1 Å². The summed E-state index contributed by atoms with van der Waals surface area (Å²) in [5.41, 5.74) is 0.579. The number of carboxylic acids is 1. The number of benzene rings is 1. The molecule has 0 aliphatic heterocycles. The predicted molar refractivity (Wildman–Crippen MR) is 86.8 cm³/mol. The topological polar surface area (TPSA) is 75.1 Å². The molecular weight excluding hydrogens is 378 g/mol. The maximum Gasteiger partial charge on any atom is 0.337 e. The summed E-state index contributed by atoms with van der Waals surface area (Å²) in [4.78, 5) is 20.3. The van der Waals surface area contributed by atoms with Crippen LogP contribution in [0.4, 0.5) is 11.5 Å². The molecular formula is C13H7BrClN3O2S. The molecule has 5 nitrogen and oxygen atoms in total. The van der Waals surface area contributed by atoms with Crippen molar-refractivity contribution in [1.29, 1.82) is 0 Å². The minimum absolute atomic E-state index is 0.112. The van der Waals surface area contributed by atoms with E-state index < -0.39 is 5.97 Å². The highest BCUT2D eigenvalue weighted by Crippen LogP contribution is 2.30. The van der Waals surface area contributed by atoms with Crippen LogP contribution in [0, 0.1) is 0 Å². The molecule has 8 heteroatoms. The van der Waals surface area contributed by atoms with Crippen LogP contribution >= 0.6 is 38.9 Å². The second-order valence-electron chi connectivity index (χ2n) is 4.10. The number of fused-ring (bicyclic) bond motifs is 1. The van der Waals surface area contributed by atoms with Crippen molar-refractivity contribution in [1.82, 2.24) is 9.97 Å². The molecule has 2 aromatic heterocycles. The van der Waals surface area contributed by atoms with E-state index >= 15 is 0 Å². The molecule has 0 radical (unpaired) electrons. The standard InChI is InChI=1S/C13H7BrClN3O2S/c14-6-1-2-9(8(5-6)12(19)20)16-10-7-3-4-21-11(7)18-13(15)17-10/h1-5H,(H,19,20)(H,16,17,18). The Morgan fingerprint density at radius 3 is 2.90 bits per heavy atom. The van der Waals surface area contributed by atoms with Crippen molar-refractivity contribution < 1.29 is 9.90 Å². The minimum atomic E-state index is -1.03. The molecule has 0 atom stereocenters. The summed E-state index contributed by atoms with van der Waals surface area (Å²) in [6.45, 7) is 0. The lowest BCUT2D eigenvalue weighted by molar-refractivity contribution is 0.0698. The normalized spacial score (nSPS) is 10.8. The fourth-order valence-corrected chi connectivity index (χ4v) is 3.20. The Balaban J connectivity index is 2.10. The van der Waals surface area contributed by atoms with Crippen molar-refractivity contribution in [2.24, 2.45) is 0 Å². The zero-order valence-electron chi connectivity index (χ0n) is 10.3. The summed E-state index contributed by atoms with van der Waals surface area (Å²) in [5, 5.41) is 15.1. The van der Waals surface area contributed by atoms with Gasteiger partial charge in [0.2, 0.25) is 5.28 Å². The average Bonchev–Trinajstić information content (AvgIpc) is 2.88. The van der Waals surface area contributed by atoms with Gasteiger partial charge in [0.25, 0.3) is 0 Å². The summed E-state index contributed by atoms with van der Waals surface area (Å²) >= 11 is 10.6. The third-order valence-corrected chi connectivity index (χ3v) is 4.23. The summed E-state index contributed by atoms with van der Waals surface area (Å²) in [7, 11) is 0. The van der Waals surface area contributed by atoms with E-state index in [9.17, 15) is 9.90 Å². The number of aromatic nitrogens is 2. The predicted octanol–water partition coefficient (Wildman–Crippen LogP) is 4.55. The number of carbonyl (C=O) groups is 1. The van der Waals surface area contributed by atoms with E-state index in [1.165, 1.54) is 17.4 Å². The lowest BCUT2D eigenvalue weighted by Crippen LogP contribution is -2.04. The van der Waals surface area contributed by atoms with Crippen LogP contribution in [0.1, 0.15) is 10.4 Å². The van der Waals surface area contributed by atoms with Crippen molar-refractivity contribution in [2.75, 3.05) is 5.32 Å². The Hall–Kier alpha value is -1.70. The lowest BCUT2D eigenvalue weighted by atomic mass is 10.2. The first-order chi connectivity index (χ1) is 10.0. The number of aromatic carboxylic acids is 1. The molecule has 1 aromatic carbocycles. The molecule has 0 fully saturated rings. The van der Waals surface area contributed by atoms with Crippen LogP contribution < -0.4 is 5.32 Å². The number of thiophene rings is 1. The SMILES string of the molecule is O=C(O)c1cc(Br)ccc1Nc1nc(Cl)nc2sccc12. The largest absolute Gasteiger partial charge is 0.478 e. The second-order valence-corrected chi connectivity index (χ2v) is 6.25. The molecule has 0 saturated carbocycles. The van der Waals surface area contributed by atoms with E-state index in [2.05, 4.69) is 31.2 Å². The van der Waals surface area contributed by atoms with Crippen LogP contribution in [0.25, 0.3) is 10.2 Å². The molecule has 3 aromatic rings. The number of nitrogens with one attached hydrogen (secondary N) is 1. The lowest BCUT2D eigenvalue weighted by Gasteiger charge is -2.10. The first kappa shape index (κ1) is 14.2. The summed E-state index contributed by atoms with van der Waals surface area (Å²) in [6.07, 6.45) is 0. The van der Waals surface area contributed by atoms with Gasteiger partial charge in [-0.1, -0.05) is 15.9 Å². The quantitative estimate of drug-likeness (QED) is 0.648. The fraction of sp³-hybridized carbons (Fsp3) is 0. The van der Waals surface area contributed by atoms with E-state index in [1.54, 1.807) is 12.1 Å². The van der Waals surface area contributed by atoms with Crippen molar-refractivity contribution in [3.63, 3.8) is 0 Å². The number of rotatable bonds is 3. The smallest absolute Gasteiger partial charge is 0.337 e. The molecule has 0 amide bonds. The van der Waals surface area contributed by atoms with Crippen LogP contribution in [0.5, 0.6) is 0 Å². The Morgan fingerprint density at radius 1 is 1.33 bits per heavy atom. The van der Waals surface area contributed by atoms with Gasteiger partial charge in [-0.15, -0.1) is 11.3 Å². The fourth-order valence-electron chi connectivity index (χ4n) is 1.85. The van der Waals surface area contributed by atoms with Gasteiger partial charge in [-0.05, 0) is 41.2 Å². The number of anilines is 2. The number of halogens is 2. The van der Waals surface area contributed by atoms with Gasteiger partial charge in [0.05, 0.1) is 16.6 Å². The Bertz CT molecular complexity index is 853. The van der Waals surface area contributed by atoms with Gasteiger partial charge in [0.1, 0.15) is 10.6 Å². The van der Waals surface area contributed by atoms with E-state index in [4.69, 9.17) is 11.6 Å². The van der Waals surface area contributed by atoms with Gasteiger partial charge in [-0.25, -0.2) is 9.78 Å². The van der Waals surface area contributed by atoms with Crippen molar-refractivity contribution >= 4 is 66.6 Å². The Kier molecular flexibility index (Phi) is 3.79. The van der Waals surface area contributed by atoms with Crippen molar-refractivity contribution in [3.8, 4) is 0 Å². The molecule has 0 bridgehead atoms. The van der Waals surface area contributed by atoms with Gasteiger partial charge < -0.3 is 10.4 Å². The highest BCUT2D eigenvalue weighted by molar-refractivity contribution is 9.10. The number of nitrogens with zero attached hydrogens (tertiary/aromatic N) is 2. The van der Waals surface area contributed by atoms with Crippen LogP contribution in [-0.2, 0) is 0 Å². The average molecular weight is 385 g/mol. The molecule has 106 valence electrons. The maximum atomic E-state index is 11.3. The molecule has 0 aliphatic rings. The van der Waals surface area contributed by atoms with Crippen LogP contribution in [0.3, 0.4) is 0 Å². The zero-order valence-corrected chi connectivity index (χ0v) is 13.5. The first-order valence-electron chi connectivity index (χ1n) is 5.75. The summed E-state index contributed by atoms with van der Waals surface area (Å²) < 4.78 is 0.687. The molecule has 2 heterocycles. The molecule has 21 heavy (non-hydrogen) atoms. The van der Waals surface area contributed by atoms with Crippen molar-refractivity contribution in [2.45, 2.75) is 0 Å². The highest BCUT2D eigenvalue weighted by atomic mass is 79.9.